The minimum atomic E-state index is -0.516. The molecule has 0 saturated heterocycles. The molecule has 1 aliphatic heterocycles. The van der Waals surface area contributed by atoms with Crippen LogP contribution in [-0.2, 0) is 0 Å². The monoisotopic (exact) mass is 446 g/mol. The van der Waals surface area contributed by atoms with E-state index in [1.165, 1.54) is 0 Å². The third-order valence-electron chi connectivity index (χ3n) is 6.18. The number of ether oxygens (including phenoxy) is 1. The maximum Gasteiger partial charge on any atom is 0.290 e. The molecule has 0 unspecified atom stereocenters. The Kier molecular flexibility index (Phi) is 6.94. The summed E-state index contributed by atoms with van der Waals surface area (Å²) in [5.74, 6) is 0.570. The molecular weight excluding hydrogens is 416 g/mol. The van der Waals surface area contributed by atoms with Crippen LogP contribution in [0.4, 0.5) is 0 Å². The molecule has 172 valence electrons. The maximum atomic E-state index is 13.5. The van der Waals surface area contributed by atoms with Crippen molar-refractivity contribution in [2.24, 2.45) is 0 Å². The Morgan fingerprint density at radius 3 is 2.67 bits per heavy atom. The standard InChI is InChI=1S/C27H30N2O4/c1-4-17-32-20-12-9-11-19(18-20)24-23-25(30)21-13-7-8-14-22(21)33-26(23)27(31)29(24)16-10-15-28(5-2)6-3/h4,7-9,11-14,18,24H,1,5-6,10,15-17H2,2-3H3/t24-/m0/s1. The van der Waals surface area contributed by atoms with Gasteiger partial charge in [-0.15, -0.1) is 0 Å². The summed E-state index contributed by atoms with van der Waals surface area (Å²) in [6, 6.07) is 14.1. The highest BCUT2D eigenvalue weighted by atomic mass is 16.5. The molecule has 0 bridgehead atoms. The van der Waals surface area contributed by atoms with Crippen LogP contribution in [0.2, 0.25) is 0 Å². The molecule has 6 heteroatoms. The molecule has 4 rings (SSSR count). The quantitative estimate of drug-likeness (QED) is 0.425. The smallest absolute Gasteiger partial charge is 0.290 e. The second-order valence-electron chi connectivity index (χ2n) is 8.12. The summed E-state index contributed by atoms with van der Waals surface area (Å²) in [7, 11) is 0. The van der Waals surface area contributed by atoms with Gasteiger partial charge < -0.3 is 19.0 Å². The molecule has 0 radical (unpaired) electrons. The van der Waals surface area contributed by atoms with Crippen molar-refractivity contribution in [3.05, 3.63) is 88.3 Å². The summed E-state index contributed by atoms with van der Waals surface area (Å²) in [5.41, 5.74) is 1.51. The molecule has 33 heavy (non-hydrogen) atoms. The lowest BCUT2D eigenvalue weighted by molar-refractivity contribution is 0.0720. The van der Waals surface area contributed by atoms with Gasteiger partial charge in [0.2, 0.25) is 5.76 Å². The fourth-order valence-electron chi connectivity index (χ4n) is 4.48. The van der Waals surface area contributed by atoms with Crippen molar-refractivity contribution in [1.82, 2.24) is 9.80 Å². The Morgan fingerprint density at radius 1 is 1.12 bits per heavy atom. The summed E-state index contributed by atoms with van der Waals surface area (Å²) in [5, 5.41) is 0.484. The minimum Gasteiger partial charge on any atom is -0.490 e. The molecule has 2 heterocycles. The SMILES string of the molecule is C=CCOc1cccc([C@H]2c3c(oc4ccccc4c3=O)C(=O)N2CCCN(CC)CC)c1. The van der Waals surface area contributed by atoms with Crippen LogP contribution in [0.25, 0.3) is 11.0 Å². The Hall–Kier alpha value is -3.38. The van der Waals surface area contributed by atoms with Crippen molar-refractivity contribution in [2.45, 2.75) is 26.3 Å². The van der Waals surface area contributed by atoms with Gasteiger partial charge in [-0.25, -0.2) is 0 Å². The van der Waals surface area contributed by atoms with Crippen LogP contribution in [0.1, 0.15) is 48.0 Å². The molecule has 0 aliphatic carbocycles. The van der Waals surface area contributed by atoms with Crippen LogP contribution >= 0.6 is 0 Å². The van der Waals surface area contributed by atoms with E-state index in [0.29, 0.717) is 35.4 Å². The zero-order chi connectivity index (χ0) is 23.4. The first-order chi connectivity index (χ1) is 16.1. The van der Waals surface area contributed by atoms with E-state index in [-0.39, 0.29) is 17.1 Å². The van der Waals surface area contributed by atoms with E-state index in [0.717, 1.165) is 31.6 Å². The van der Waals surface area contributed by atoms with Gasteiger partial charge in [0.25, 0.3) is 5.91 Å². The highest BCUT2D eigenvalue weighted by molar-refractivity contribution is 5.99. The predicted octanol–water partition coefficient (Wildman–Crippen LogP) is 4.63. The van der Waals surface area contributed by atoms with Crippen molar-refractivity contribution in [1.29, 1.82) is 0 Å². The zero-order valence-electron chi connectivity index (χ0n) is 19.3. The van der Waals surface area contributed by atoms with Gasteiger partial charge in [-0.1, -0.05) is 50.8 Å². The molecular formula is C27H30N2O4. The van der Waals surface area contributed by atoms with Crippen LogP contribution in [0, 0.1) is 0 Å². The van der Waals surface area contributed by atoms with E-state index in [2.05, 4.69) is 25.3 Å². The van der Waals surface area contributed by atoms with E-state index in [4.69, 9.17) is 9.15 Å². The summed E-state index contributed by atoms with van der Waals surface area (Å²) in [4.78, 5) is 31.1. The van der Waals surface area contributed by atoms with Gasteiger partial charge in [-0.2, -0.15) is 0 Å². The number of nitrogens with zero attached hydrogens (tertiary/aromatic N) is 2. The minimum absolute atomic E-state index is 0.143. The molecule has 0 N–H and O–H groups in total. The second-order valence-corrected chi connectivity index (χ2v) is 8.12. The first-order valence-corrected chi connectivity index (χ1v) is 11.5. The van der Waals surface area contributed by atoms with Gasteiger partial charge in [0, 0.05) is 6.54 Å². The first-order valence-electron chi connectivity index (χ1n) is 11.5. The van der Waals surface area contributed by atoms with Gasteiger partial charge in [0.1, 0.15) is 17.9 Å². The van der Waals surface area contributed by atoms with E-state index in [1.54, 1.807) is 29.2 Å². The fourth-order valence-corrected chi connectivity index (χ4v) is 4.48. The second kappa shape index (κ2) is 10.0. The fraction of sp³-hybridized carbons (Fsp3) is 0.333. The Morgan fingerprint density at radius 2 is 1.91 bits per heavy atom. The summed E-state index contributed by atoms with van der Waals surface area (Å²) in [6.45, 7) is 11.7. The average Bonchev–Trinajstić information content (AvgIpc) is 3.12. The molecule has 2 aromatic carbocycles. The number of amides is 1. The Bertz CT molecular complexity index is 1210. The Labute approximate surface area is 194 Å². The zero-order valence-corrected chi connectivity index (χ0v) is 19.3. The number of benzene rings is 2. The number of hydrogen-bond donors (Lipinski definition) is 0. The summed E-state index contributed by atoms with van der Waals surface area (Å²) < 4.78 is 11.7. The van der Waals surface area contributed by atoms with Gasteiger partial charge in [-0.3, -0.25) is 9.59 Å². The van der Waals surface area contributed by atoms with E-state index in [1.807, 2.05) is 30.3 Å². The number of para-hydroxylation sites is 1. The van der Waals surface area contributed by atoms with E-state index >= 15 is 0 Å². The number of rotatable bonds is 10. The molecule has 1 aromatic heterocycles. The first kappa shape index (κ1) is 22.8. The molecule has 1 aliphatic rings. The van der Waals surface area contributed by atoms with Gasteiger partial charge in [-0.05, 0) is 55.9 Å². The van der Waals surface area contributed by atoms with E-state index in [9.17, 15) is 9.59 Å². The lowest BCUT2D eigenvalue weighted by atomic mass is 9.98. The molecule has 1 amide bonds. The van der Waals surface area contributed by atoms with Crippen LogP contribution in [0.15, 0.2) is 70.4 Å². The molecule has 1 atom stereocenters. The topological polar surface area (TPSA) is 63.0 Å². The maximum absolute atomic E-state index is 13.5. The van der Waals surface area contributed by atoms with Crippen molar-refractivity contribution < 1.29 is 13.9 Å². The van der Waals surface area contributed by atoms with Gasteiger partial charge in [0.15, 0.2) is 5.43 Å². The largest absolute Gasteiger partial charge is 0.490 e. The van der Waals surface area contributed by atoms with Crippen LogP contribution in [0.3, 0.4) is 0 Å². The highest BCUT2D eigenvalue weighted by Crippen LogP contribution is 2.39. The number of carbonyl (C=O) groups excluding carboxylic acids is 1. The normalized spacial score (nSPS) is 15.3. The third-order valence-corrected chi connectivity index (χ3v) is 6.18. The highest BCUT2D eigenvalue weighted by Gasteiger charge is 2.42. The van der Waals surface area contributed by atoms with E-state index < -0.39 is 6.04 Å². The third kappa shape index (κ3) is 4.44. The van der Waals surface area contributed by atoms with Gasteiger partial charge >= 0.3 is 0 Å². The number of hydrogen-bond acceptors (Lipinski definition) is 5. The van der Waals surface area contributed by atoms with Crippen molar-refractivity contribution >= 4 is 16.9 Å². The average molecular weight is 447 g/mol. The lowest BCUT2D eigenvalue weighted by Crippen LogP contribution is -2.33. The van der Waals surface area contributed by atoms with Crippen LogP contribution < -0.4 is 10.2 Å². The molecule has 0 saturated carbocycles. The van der Waals surface area contributed by atoms with Crippen molar-refractivity contribution in [3.63, 3.8) is 0 Å². The molecule has 0 spiro atoms. The summed E-state index contributed by atoms with van der Waals surface area (Å²) in [6.07, 6.45) is 2.49. The van der Waals surface area contributed by atoms with Gasteiger partial charge in [0.05, 0.1) is 17.0 Å². The number of fused-ring (bicyclic) bond motifs is 2. The molecule has 0 fully saturated rings. The molecule has 6 nitrogen and oxygen atoms in total. The number of carbonyl (C=O) groups is 1. The van der Waals surface area contributed by atoms with Crippen LogP contribution in [0.5, 0.6) is 5.75 Å². The lowest BCUT2D eigenvalue weighted by Gasteiger charge is -2.27. The van der Waals surface area contributed by atoms with Crippen LogP contribution in [-0.4, -0.2) is 48.5 Å². The van der Waals surface area contributed by atoms with Crippen molar-refractivity contribution in [3.8, 4) is 5.75 Å². The summed E-state index contributed by atoms with van der Waals surface area (Å²) >= 11 is 0. The Balaban J connectivity index is 1.78. The predicted molar refractivity (Wildman–Crippen MR) is 130 cm³/mol. The molecule has 3 aromatic rings. The van der Waals surface area contributed by atoms with Crippen molar-refractivity contribution in [2.75, 3.05) is 32.8 Å².